The summed E-state index contributed by atoms with van der Waals surface area (Å²) in [6.07, 6.45) is 3.42. The van der Waals surface area contributed by atoms with Crippen LogP contribution in [0.2, 0.25) is 0 Å². The summed E-state index contributed by atoms with van der Waals surface area (Å²) in [5, 5.41) is 4.49. The molecule has 8 nitrogen and oxygen atoms in total. The molecule has 0 unspecified atom stereocenters. The van der Waals surface area contributed by atoms with E-state index in [0.29, 0.717) is 26.2 Å². The molecule has 0 atom stereocenters. The van der Waals surface area contributed by atoms with Crippen LogP contribution in [-0.2, 0) is 6.54 Å². The van der Waals surface area contributed by atoms with Crippen molar-refractivity contribution in [2.24, 2.45) is 0 Å². The van der Waals surface area contributed by atoms with Crippen LogP contribution in [0.3, 0.4) is 0 Å². The molecule has 3 aromatic heterocycles. The van der Waals surface area contributed by atoms with Gasteiger partial charge in [-0.3, -0.25) is 19.5 Å². The average Bonchev–Trinajstić information content (AvgIpc) is 3.19. The Bertz CT molecular complexity index is 1040. The predicted molar refractivity (Wildman–Crippen MR) is 111 cm³/mol. The molecule has 0 radical (unpaired) electrons. The highest BCUT2D eigenvalue weighted by Gasteiger charge is 2.24. The molecule has 4 rings (SSSR count). The van der Waals surface area contributed by atoms with Gasteiger partial charge in [-0.1, -0.05) is 0 Å². The molecule has 0 bridgehead atoms. The summed E-state index contributed by atoms with van der Waals surface area (Å²) in [5.74, 6) is 0.0626. The molecule has 1 fully saturated rings. The minimum Gasteiger partial charge on any atom is -0.335 e. The molecule has 3 aromatic rings. The van der Waals surface area contributed by atoms with Gasteiger partial charge in [0.05, 0.1) is 23.4 Å². The van der Waals surface area contributed by atoms with Gasteiger partial charge in [-0.25, -0.2) is 9.67 Å². The van der Waals surface area contributed by atoms with Crippen molar-refractivity contribution in [3.63, 3.8) is 0 Å². The molecule has 0 saturated carbocycles. The molecular weight excluding hydrogens is 388 g/mol. The van der Waals surface area contributed by atoms with Gasteiger partial charge in [0.2, 0.25) is 0 Å². The highest BCUT2D eigenvalue weighted by molar-refractivity contribution is 7.11. The Morgan fingerprint density at radius 2 is 1.83 bits per heavy atom. The van der Waals surface area contributed by atoms with Gasteiger partial charge in [0.25, 0.3) is 11.5 Å². The fourth-order valence-electron chi connectivity index (χ4n) is 3.35. The van der Waals surface area contributed by atoms with E-state index in [2.05, 4.69) is 20.0 Å². The summed E-state index contributed by atoms with van der Waals surface area (Å²) in [6, 6.07) is 7.03. The van der Waals surface area contributed by atoms with Gasteiger partial charge in [0.1, 0.15) is 4.88 Å². The smallest absolute Gasteiger partial charge is 0.266 e. The molecule has 9 heteroatoms. The molecular formula is C20H22N6O2S. The first-order chi connectivity index (χ1) is 14.1. The van der Waals surface area contributed by atoms with Gasteiger partial charge < -0.3 is 4.90 Å². The fourth-order valence-corrected chi connectivity index (χ4v) is 4.12. The number of amides is 1. The van der Waals surface area contributed by atoms with E-state index in [0.717, 1.165) is 34.9 Å². The van der Waals surface area contributed by atoms with E-state index in [9.17, 15) is 9.59 Å². The van der Waals surface area contributed by atoms with Crippen molar-refractivity contribution in [3.05, 3.63) is 63.1 Å². The highest BCUT2D eigenvalue weighted by atomic mass is 32.1. The monoisotopic (exact) mass is 410 g/mol. The van der Waals surface area contributed by atoms with Crippen molar-refractivity contribution in [2.75, 3.05) is 32.7 Å². The summed E-state index contributed by atoms with van der Waals surface area (Å²) in [5.41, 5.74) is 4.07. The zero-order chi connectivity index (χ0) is 20.2. The number of carbonyl (C=O) groups excluding carboxylic acids is 1. The normalized spacial score (nSPS) is 14.9. The van der Waals surface area contributed by atoms with Crippen molar-refractivity contribution < 1.29 is 4.79 Å². The number of piperazine rings is 1. The Hall–Kier alpha value is -2.91. The number of hydrogen-bond acceptors (Lipinski definition) is 7. The minimum atomic E-state index is -0.114. The molecule has 1 aliphatic heterocycles. The summed E-state index contributed by atoms with van der Waals surface area (Å²) in [4.78, 5) is 37.8. The Morgan fingerprint density at radius 3 is 2.52 bits per heavy atom. The van der Waals surface area contributed by atoms with Crippen LogP contribution < -0.4 is 5.56 Å². The third-order valence-electron chi connectivity index (χ3n) is 5.07. The molecule has 150 valence electrons. The Kier molecular flexibility index (Phi) is 5.77. The molecule has 0 aliphatic carbocycles. The van der Waals surface area contributed by atoms with E-state index < -0.39 is 0 Å². The highest BCUT2D eigenvalue weighted by Crippen LogP contribution is 2.16. The standard InChI is InChI=1S/C20H22N6O2S/c1-15-19(29-14-22-15)20(28)25-11-8-24(9-12-25)10-13-26-18(27)3-2-17(23-26)16-4-6-21-7-5-16/h2-7,14H,8-13H2,1H3. The van der Waals surface area contributed by atoms with Crippen LogP contribution in [-0.4, -0.2) is 68.2 Å². The van der Waals surface area contributed by atoms with Crippen LogP contribution in [0.25, 0.3) is 11.3 Å². The Labute approximate surface area is 172 Å². The van der Waals surface area contributed by atoms with E-state index in [1.165, 1.54) is 16.0 Å². The van der Waals surface area contributed by atoms with Crippen molar-refractivity contribution in [1.82, 2.24) is 29.5 Å². The maximum absolute atomic E-state index is 12.6. The molecule has 4 heterocycles. The van der Waals surface area contributed by atoms with Crippen molar-refractivity contribution in [1.29, 1.82) is 0 Å². The second kappa shape index (κ2) is 8.62. The van der Waals surface area contributed by atoms with Gasteiger partial charge in [-0.05, 0) is 25.1 Å². The molecule has 1 aliphatic rings. The number of rotatable bonds is 5. The Morgan fingerprint density at radius 1 is 1.07 bits per heavy atom. The number of nitrogens with zero attached hydrogens (tertiary/aromatic N) is 6. The lowest BCUT2D eigenvalue weighted by Gasteiger charge is -2.34. The van der Waals surface area contributed by atoms with Gasteiger partial charge in [0.15, 0.2) is 0 Å². The topological polar surface area (TPSA) is 84.2 Å². The average molecular weight is 411 g/mol. The summed E-state index contributed by atoms with van der Waals surface area (Å²) in [7, 11) is 0. The maximum atomic E-state index is 12.6. The maximum Gasteiger partial charge on any atom is 0.266 e. The van der Waals surface area contributed by atoms with Crippen LogP contribution >= 0.6 is 11.3 Å². The Balaban J connectivity index is 1.34. The van der Waals surface area contributed by atoms with Crippen LogP contribution in [0.4, 0.5) is 0 Å². The van der Waals surface area contributed by atoms with Crippen LogP contribution in [0.1, 0.15) is 15.4 Å². The molecule has 0 N–H and O–H groups in total. The van der Waals surface area contributed by atoms with Gasteiger partial charge in [-0.2, -0.15) is 5.10 Å². The molecule has 29 heavy (non-hydrogen) atoms. The first kappa shape index (κ1) is 19.4. The predicted octanol–water partition coefficient (Wildman–Crippen LogP) is 1.53. The van der Waals surface area contributed by atoms with E-state index in [1.807, 2.05) is 24.0 Å². The number of aromatic nitrogens is 4. The summed E-state index contributed by atoms with van der Waals surface area (Å²) in [6.45, 7) is 6.01. The van der Waals surface area contributed by atoms with Crippen molar-refractivity contribution in [3.8, 4) is 11.3 Å². The SMILES string of the molecule is Cc1ncsc1C(=O)N1CCN(CCn2nc(-c3ccncc3)ccc2=O)CC1. The summed E-state index contributed by atoms with van der Waals surface area (Å²) < 4.78 is 1.51. The largest absolute Gasteiger partial charge is 0.335 e. The molecule has 1 saturated heterocycles. The fraction of sp³-hybridized carbons (Fsp3) is 0.350. The van der Waals surface area contributed by atoms with Crippen LogP contribution in [0, 0.1) is 6.92 Å². The quantitative estimate of drug-likeness (QED) is 0.634. The van der Waals surface area contributed by atoms with Crippen molar-refractivity contribution in [2.45, 2.75) is 13.5 Å². The number of thiazole rings is 1. The molecule has 0 aromatic carbocycles. The number of hydrogen-bond donors (Lipinski definition) is 0. The van der Waals surface area contributed by atoms with Gasteiger partial charge >= 0.3 is 0 Å². The summed E-state index contributed by atoms with van der Waals surface area (Å²) >= 11 is 1.39. The first-order valence-corrected chi connectivity index (χ1v) is 10.4. The zero-order valence-corrected chi connectivity index (χ0v) is 17.0. The third-order valence-corrected chi connectivity index (χ3v) is 5.99. The van der Waals surface area contributed by atoms with E-state index >= 15 is 0 Å². The third kappa shape index (κ3) is 4.41. The number of aryl methyl sites for hydroxylation is 1. The van der Waals surface area contributed by atoms with Gasteiger partial charge in [-0.15, -0.1) is 11.3 Å². The van der Waals surface area contributed by atoms with Crippen LogP contribution in [0.5, 0.6) is 0 Å². The van der Waals surface area contributed by atoms with E-state index in [-0.39, 0.29) is 11.5 Å². The molecule has 1 amide bonds. The van der Waals surface area contributed by atoms with Crippen molar-refractivity contribution >= 4 is 17.2 Å². The molecule has 0 spiro atoms. The lowest BCUT2D eigenvalue weighted by atomic mass is 10.2. The second-order valence-electron chi connectivity index (χ2n) is 6.92. The van der Waals surface area contributed by atoms with Crippen LogP contribution in [0.15, 0.2) is 47.0 Å². The number of carbonyl (C=O) groups is 1. The lowest BCUT2D eigenvalue weighted by Crippen LogP contribution is -2.49. The first-order valence-electron chi connectivity index (χ1n) is 9.52. The zero-order valence-electron chi connectivity index (χ0n) is 16.2. The van der Waals surface area contributed by atoms with Gasteiger partial charge in [0, 0.05) is 56.7 Å². The number of pyridine rings is 1. The second-order valence-corrected chi connectivity index (χ2v) is 7.77. The van der Waals surface area contributed by atoms with E-state index in [4.69, 9.17) is 0 Å². The van der Waals surface area contributed by atoms with E-state index in [1.54, 1.807) is 30.0 Å². The minimum absolute atomic E-state index is 0.0626. The lowest BCUT2D eigenvalue weighted by molar-refractivity contribution is 0.0635.